The molecule has 0 bridgehead atoms. The highest BCUT2D eigenvalue weighted by atomic mass is 19.1. The number of nitrogens with one attached hydrogen (secondary N) is 1. The van der Waals surface area contributed by atoms with Crippen molar-refractivity contribution in [2.45, 2.75) is 19.4 Å². The van der Waals surface area contributed by atoms with Gasteiger partial charge in [-0.2, -0.15) is 0 Å². The number of piperazine rings is 1. The van der Waals surface area contributed by atoms with Crippen molar-refractivity contribution >= 4 is 0 Å². The standard InChI is InChI=1S/C19H24F2N2/c1-3-17(20)9-7-15(2)19(23-13-11-22-12-14-23)16-5-4-6-18(21)10-8-16/h3-4,6-10,19,22H,1,5,11-14H2,2H3/b15-7+,17-9+. The molecule has 0 aromatic heterocycles. The molecular weight excluding hydrogens is 294 g/mol. The highest BCUT2D eigenvalue weighted by molar-refractivity contribution is 5.36. The van der Waals surface area contributed by atoms with Gasteiger partial charge in [-0.25, -0.2) is 8.78 Å². The Morgan fingerprint density at radius 2 is 2.04 bits per heavy atom. The SMILES string of the molecule is C=C/C(F)=C\C=C(/C)C(C1=CC=C(F)C=CC1)N1CCNCC1. The number of nitrogens with zero attached hydrogens (tertiary/aromatic N) is 1. The third-order valence-electron chi connectivity index (χ3n) is 4.09. The van der Waals surface area contributed by atoms with Gasteiger partial charge in [0.1, 0.15) is 11.7 Å². The fraction of sp³-hybridized carbons (Fsp3) is 0.368. The van der Waals surface area contributed by atoms with Gasteiger partial charge in [-0.3, -0.25) is 4.90 Å². The molecule has 2 rings (SSSR count). The normalized spacial score (nSPS) is 22.2. The van der Waals surface area contributed by atoms with Gasteiger partial charge in [0.15, 0.2) is 0 Å². The van der Waals surface area contributed by atoms with Gasteiger partial charge < -0.3 is 5.32 Å². The molecule has 1 atom stereocenters. The lowest BCUT2D eigenvalue weighted by Crippen LogP contribution is -2.49. The second kappa shape index (κ2) is 8.75. The van der Waals surface area contributed by atoms with Crippen LogP contribution in [0.1, 0.15) is 13.3 Å². The number of rotatable bonds is 5. The fourth-order valence-electron chi connectivity index (χ4n) is 2.95. The molecule has 1 aliphatic carbocycles. The lowest BCUT2D eigenvalue weighted by Gasteiger charge is -2.37. The highest BCUT2D eigenvalue weighted by Gasteiger charge is 2.24. The van der Waals surface area contributed by atoms with Crippen LogP contribution < -0.4 is 5.32 Å². The first-order valence-electron chi connectivity index (χ1n) is 7.96. The van der Waals surface area contributed by atoms with Crippen LogP contribution in [0, 0.1) is 0 Å². The van der Waals surface area contributed by atoms with Crippen molar-refractivity contribution in [1.29, 1.82) is 0 Å². The van der Waals surface area contributed by atoms with Crippen LogP contribution in [-0.4, -0.2) is 37.1 Å². The van der Waals surface area contributed by atoms with Gasteiger partial charge in [0.2, 0.25) is 0 Å². The topological polar surface area (TPSA) is 15.3 Å². The summed E-state index contributed by atoms with van der Waals surface area (Å²) in [5.74, 6) is -0.595. The van der Waals surface area contributed by atoms with Crippen LogP contribution in [0.4, 0.5) is 8.78 Å². The predicted molar refractivity (Wildman–Crippen MR) is 92.4 cm³/mol. The molecule has 0 radical (unpaired) electrons. The third kappa shape index (κ3) is 5.12. The smallest absolute Gasteiger partial charge is 0.122 e. The van der Waals surface area contributed by atoms with Gasteiger partial charge >= 0.3 is 0 Å². The monoisotopic (exact) mass is 318 g/mol. The van der Waals surface area contributed by atoms with Crippen LogP contribution >= 0.6 is 0 Å². The second-order valence-corrected chi connectivity index (χ2v) is 5.75. The summed E-state index contributed by atoms with van der Waals surface area (Å²) in [6.07, 6.45) is 11.8. The van der Waals surface area contributed by atoms with E-state index in [0.29, 0.717) is 6.42 Å². The van der Waals surface area contributed by atoms with Crippen molar-refractivity contribution in [1.82, 2.24) is 10.2 Å². The van der Waals surface area contributed by atoms with E-state index in [2.05, 4.69) is 16.8 Å². The number of hydrogen-bond acceptors (Lipinski definition) is 2. The molecule has 0 aromatic carbocycles. The van der Waals surface area contributed by atoms with E-state index >= 15 is 0 Å². The van der Waals surface area contributed by atoms with Gasteiger partial charge in [0.25, 0.3) is 0 Å². The van der Waals surface area contributed by atoms with Crippen molar-refractivity contribution in [3.8, 4) is 0 Å². The van der Waals surface area contributed by atoms with Gasteiger partial charge in [0, 0.05) is 26.2 Å². The van der Waals surface area contributed by atoms with Gasteiger partial charge in [-0.1, -0.05) is 30.4 Å². The first-order valence-corrected chi connectivity index (χ1v) is 7.96. The Bertz CT molecular complexity index is 576. The average Bonchev–Trinajstić information content (AvgIpc) is 2.78. The summed E-state index contributed by atoms with van der Waals surface area (Å²) in [6, 6.07) is 0.0535. The van der Waals surface area contributed by atoms with Crippen molar-refractivity contribution in [2.75, 3.05) is 26.2 Å². The van der Waals surface area contributed by atoms with E-state index in [1.165, 1.54) is 24.3 Å². The Kier molecular flexibility index (Phi) is 6.68. The van der Waals surface area contributed by atoms with E-state index in [9.17, 15) is 8.78 Å². The van der Waals surface area contributed by atoms with Crippen LogP contribution in [0.25, 0.3) is 0 Å². The van der Waals surface area contributed by atoms with Crippen molar-refractivity contribution in [2.24, 2.45) is 0 Å². The Morgan fingerprint density at radius 1 is 1.30 bits per heavy atom. The van der Waals surface area contributed by atoms with Gasteiger partial charge in [0.05, 0.1) is 6.04 Å². The molecule has 0 saturated carbocycles. The first-order chi connectivity index (χ1) is 11.1. The molecule has 1 N–H and O–H groups in total. The van der Waals surface area contributed by atoms with E-state index in [4.69, 9.17) is 0 Å². The molecule has 0 amide bonds. The summed E-state index contributed by atoms with van der Waals surface area (Å²) in [7, 11) is 0. The highest BCUT2D eigenvalue weighted by Crippen LogP contribution is 2.25. The maximum atomic E-state index is 13.4. The Balaban J connectivity index is 2.31. The molecule has 1 saturated heterocycles. The largest absolute Gasteiger partial charge is 0.314 e. The van der Waals surface area contributed by atoms with Crippen molar-refractivity contribution in [3.63, 3.8) is 0 Å². The summed E-state index contributed by atoms with van der Waals surface area (Å²) in [5.41, 5.74) is 2.16. The van der Waals surface area contributed by atoms with Gasteiger partial charge in [-0.05, 0) is 43.2 Å². The zero-order chi connectivity index (χ0) is 16.7. The molecule has 1 fully saturated rings. The maximum Gasteiger partial charge on any atom is 0.122 e. The van der Waals surface area contributed by atoms with E-state index in [-0.39, 0.29) is 17.7 Å². The minimum atomic E-state index is -0.357. The summed E-state index contributed by atoms with van der Waals surface area (Å²) in [5, 5.41) is 3.34. The van der Waals surface area contributed by atoms with E-state index < -0.39 is 0 Å². The third-order valence-corrected chi connectivity index (χ3v) is 4.09. The zero-order valence-electron chi connectivity index (χ0n) is 13.6. The average molecular weight is 318 g/mol. The zero-order valence-corrected chi connectivity index (χ0v) is 13.6. The number of hydrogen-bond donors (Lipinski definition) is 1. The lowest BCUT2D eigenvalue weighted by molar-refractivity contribution is 0.213. The van der Waals surface area contributed by atoms with Crippen LogP contribution in [-0.2, 0) is 0 Å². The van der Waals surface area contributed by atoms with Crippen molar-refractivity contribution < 1.29 is 8.78 Å². The molecule has 1 unspecified atom stereocenters. The fourth-order valence-corrected chi connectivity index (χ4v) is 2.95. The van der Waals surface area contributed by atoms with E-state index in [0.717, 1.165) is 37.3 Å². The molecule has 0 aromatic rings. The molecule has 23 heavy (non-hydrogen) atoms. The van der Waals surface area contributed by atoms with Crippen LogP contribution in [0.2, 0.25) is 0 Å². The summed E-state index contributed by atoms with van der Waals surface area (Å²) >= 11 is 0. The molecule has 2 nitrogen and oxygen atoms in total. The Labute approximate surface area is 137 Å². The van der Waals surface area contributed by atoms with Crippen molar-refractivity contribution in [3.05, 3.63) is 71.9 Å². The van der Waals surface area contributed by atoms with E-state index in [1.54, 1.807) is 6.08 Å². The molecule has 4 heteroatoms. The quantitative estimate of drug-likeness (QED) is 0.771. The second-order valence-electron chi connectivity index (χ2n) is 5.75. The minimum absolute atomic E-state index is 0.0535. The summed E-state index contributed by atoms with van der Waals surface area (Å²) < 4.78 is 26.8. The summed E-state index contributed by atoms with van der Waals surface area (Å²) in [4.78, 5) is 2.36. The van der Waals surface area contributed by atoms with E-state index in [1.807, 2.05) is 19.1 Å². The Morgan fingerprint density at radius 3 is 2.74 bits per heavy atom. The molecule has 1 aliphatic heterocycles. The van der Waals surface area contributed by atoms with Crippen LogP contribution in [0.5, 0.6) is 0 Å². The summed E-state index contributed by atoms with van der Waals surface area (Å²) in [6.45, 7) is 9.09. The van der Waals surface area contributed by atoms with Gasteiger partial charge in [-0.15, -0.1) is 0 Å². The number of halogens is 2. The molecule has 2 aliphatic rings. The predicted octanol–water partition coefficient (Wildman–Crippen LogP) is 3.99. The first kappa shape index (κ1) is 17.6. The lowest BCUT2D eigenvalue weighted by atomic mass is 9.94. The molecule has 124 valence electrons. The number of allylic oxidation sites excluding steroid dienone is 9. The molecule has 1 heterocycles. The Hall–Kier alpha value is -1.78. The molecule has 0 spiro atoms. The minimum Gasteiger partial charge on any atom is -0.314 e. The molecular formula is C19H24F2N2. The maximum absolute atomic E-state index is 13.4. The van der Waals surface area contributed by atoms with Crippen LogP contribution in [0.15, 0.2) is 71.9 Å². The van der Waals surface area contributed by atoms with Crippen LogP contribution in [0.3, 0.4) is 0 Å².